The maximum Gasteiger partial charge on any atom is 0.238 e. The van der Waals surface area contributed by atoms with Crippen LogP contribution in [0.15, 0.2) is 12.1 Å². The van der Waals surface area contributed by atoms with E-state index < -0.39 is 0 Å². The van der Waals surface area contributed by atoms with Crippen molar-refractivity contribution in [1.29, 1.82) is 0 Å². The van der Waals surface area contributed by atoms with Crippen molar-refractivity contribution in [2.45, 2.75) is 19.8 Å². The van der Waals surface area contributed by atoms with Crippen LogP contribution in [0.4, 0.5) is 11.5 Å². The Kier molecular flexibility index (Phi) is 4.85. The van der Waals surface area contributed by atoms with Crippen molar-refractivity contribution in [2.24, 2.45) is 5.92 Å². The Balaban J connectivity index is 1.76. The zero-order valence-corrected chi connectivity index (χ0v) is 11.9. The molecule has 3 N–H and O–H groups in total. The second-order valence-electron chi connectivity index (χ2n) is 5.25. The molecule has 0 saturated carbocycles. The van der Waals surface area contributed by atoms with Crippen molar-refractivity contribution in [3.05, 3.63) is 12.1 Å². The molecule has 0 unspecified atom stereocenters. The third-order valence-electron chi connectivity index (χ3n) is 3.69. The number of methoxy groups -OCH3 is 1. The van der Waals surface area contributed by atoms with E-state index in [1.54, 1.807) is 7.11 Å². The van der Waals surface area contributed by atoms with Crippen molar-refractivity contribution >= 4 is 11.5 Å². The zero-order valence-electron chi connectivity index (χ0n) is 11.9. The zero-order chi connectivity index (χ0) is 13.7. The van der Waals surface area contributed by atoms with Gasteiger partial charge < -0.3 is 20.7 Å². The lowest BCUT2D eigenvalue weighted by molar-refractivity contribution is 0.199. The Morgan fingerprint density at radius 2 is 2.16 bits per heavy atom. The Morgan fingerprint density at radius 1 is 1.42 bits per heavy atom. The number of hydrogen-bond donors (Lipinski definition) is 2. The molecule has 0 bridgehead atoms. The van der Waals surface area contributed by atoms with E-state index in [2.05, 4.69) is 22.1 Å². The molecule has 2 heterocycles. The summed E-state index contributed by atoms with van der Waals surface area (Å²) in [6.07, 6.45) is 2.63. The summed E-state index contributed by atoms with van der Waals surface area (Å²) in [5.74, 6) is 2.18. The van der Waals surface area contributed by atoms with E-state index in [9.17, 15) is 0 Å². The Morgan fingerprint density at radius 3 is 2.84 bits per heavy atom. The van der Waals surface area contributed by atoms with Gasteiger partial charge in [-0.3, -0.25) is 0 Å². The van der Waals surface area contributed by atoms with Crippen LogP contribution in [0.2, 0.25) is 0 Å². The summed E-state index contributed by atoms with van der Waals surface area (Å²) in [5, 5.41) is 3.32. The molecule has 1 aromatic heterocycles. The number of likely N-dealkylation sites (tertiary alicyclic amines) is 1. The Labute approximate surface area is 115 Å². The molecule has 106 valence electrons. The number of pyridine rings is 1. The lowest BCUT2D eigenvalue weighted by Gasteiger charge is -2.30. The van der Waals surface area contributed by atoms with E-state index >= 15 is 0 Å². The van der Waals surface area contributed by atoms with E-state index in [0.717, 1.165) is 24.8 Å². The van der Waals surface area contributed by atoms with Crippen LogP contribution in [0.3, 0.4) is 0 Å². The SMILES string of the molecule is COc1nc(NCCN2CCC(C)CC2)ccc1N. The molecule has 0 atom stereocenters. The minimum Gasteiger partial charge on any atom is -0.479 e. The Hall–Kier alpha value is -1.49. The number of anilines is 2. The van der Waals surface area contributed by atoms with Crippen LogP contribution >= 0.6 is 0 Å². The van der Waals surface area contributed by atoms with Crippen molar-refractivity contribution in [3.63, 3.8) is 0 Å². The van der Waals surface area contributed by atoms with Gasteiger partial charge in [-0.25, -0.2) is 0 Å². The van der Waals surface area contributed by atoms with Crippen molar-refractivity contribution in [1.82, 2.24) is 9.88 Å². The average Bonchev–Trinajstić information content (AvgIpc) is 2.43. The van der Waals surface area contributed by atoms with Gasteiger partial charge in [-0.05, 0) is 44.0 Å². The first kappa shape index (κ1) is 13.9. The first-order chi connectivity index (χ1) is 9.19. The maximum atomic E-state index is 5.74. The van der Waals surface area contributed by atoms with Crippen LogP contribution in [0.25, 0.3) is 0 Å². The largest absolute Gasteiger partial charge is 0.479 e. The van der Waals surface area contributed by atoms with Gasteiger partial charge in [0.1, 0.15) is 5.82 Å². The summed E-state index contributed by atoms with van der Waals surface area (Å²) in [5.41, 5.74) is 6.30. The molecular formula is C14H24N4O. The highest BCUT2D eigenvalue weighted by Crippen LogP contribution is 2.20. The van der Waals surface area contributed by atoms with Crippen molar-refractivity contribution in [3.8, 4) is 5.88 Å². The normalized spacial score (nSPS) is 17.4. The van der Waals surface area contributed by atoms with E-state index in [1.807, 2.05) is 12.1 Å². The number of nitrogens with zero attached hydrogens (tertiary/aromatic N) is 2. The average molecular weight is 264 g/mol. The molecule has 1 aromatic rings. The number of nitrogens with one attached hydrogen (secondary N) is 1. The molecule has 0 aromatic carbocycles. The summed E-state index contributed by atoms with van der Waals surface area (Å²) >= 11 is 0. The van der Waals surface area contributed by atoms with Crippen LogP contribution in [0.5, 0.6) is 5.88 Å². The van der Waals surface area contributed by atoms with Gasteiger partial charge >= 0.3 is 0 Å². The van der Waals surface area contributed by atoms with Crippen molar-refractivity contribution in [2.75, 3.05) is 44.3 Å². The number of rotatable bonds is 5. The van der Waals surface area contributed by atoms with E-state index in [-0.39, 0.29) is 0 Å². The smallest absolute Gasteiger partial charge is 0.238 e. The minimum atomic E-state index is 0.483. The molecule has 19 heavy (non-hydrogen) atoms. The molecule has 1 saturated heterocycles. The summed E-state index contributed by atoms with van der Waals surface area (Å²) in [6.45, 7) is 6.71. The molecule has 5 nitrogen and oxygen atoms in total. The summed E-state index contributed by atoms with van der Waals surface area (Å²) in [7, 11) is 1.58. The van der Waals surface area contributed by atoms with Crippen LogP contribution in [0.1, 0.15) is 19.8 Å². The first-order valence-electron chi connectivity index (χ1n) is 6.96. The highest BCUT2D eigenvalue weighted by atomic mass is 16.5. The highest BCUT2D eigenvalue weighted by Gasteiger charge is 2.14. The topological polar surface area (TPSA) is 63.4 Å². The van der Waals surface area contributed by atoms with Gasteiger partial charge in [0.25, 0.3) is 0 Å². The molecule has 5 heteroatoms. The minimum absolute atomic E-state index is 0.483. The second-order valence-corrected chi connectivity index (χ2v) is 5.25. The van der Waals surface area contributed by atoms with Crippen LogP contribution < -0.4 is 15.8 Å². The van der Waals surface area contributed by atoms with Crippen LogP contribution in [-0.4, -0.2) is 43.2 Å². The predicted octanol–water partition coefficient (Wildman–Crippen LogP) is 1.82. The molecule has 1 aliphatic rings. The number of nitrogens with two attached hydrogens (primary N) is 1. The lowest BCUT2D eigenvalue weighted by atomic mass is 9.99. The third-order valence-corrected chi connectivity index (χ3v) is 3.69. The number of nitrogen functional groups attached to an aromatic ring is 1. The fourth-order valence-electron chi connectivity index (χ4n) is 2.34. The van der Waals surface area contributed by atoms with Crippen LogP contribution in [0, 0.1) is 5.92 Å². The maximum absolute atomic E-state index is 5.74. The van der Waals surface area contributed by atoms with E-state index in [0.29, 0.717) is 11.6 Å². The number of ether oxygens (including phenoxy) is 1. The number of piperidine rings is 1. The number of hydrogen-bond acceptors (Lipinski definition) is 5. The molecule has 2 rings (SSSR count). The summed E-state index contributed by atoms with van der Waals surface area (Å²) < 4.78 is 5.11. The summed E-state index contributed by atoms with van der Waals surface area (Å²) in [4.78, 5) is 6.81. The molecule has 0 spiro atoms. The van der Waals surface area contributed by atoms with Gasteiger partial charge in [0.05, 0.1) is 12.8 Å². The first-order valence-corrected chi connectivity index (χ1v) is 6.96. The highest BCUT2D eigenvalue weighted by molar-refractivity contribution is 5.53. The fourth-order valence-corrected chi connectivity index (χ4v) is 2.34. The lowest BCUT2D eigenvalue weighted by Crippen LogP contribution is -2.36. The summed E-state index contributed by atoms with van der Waals surface area (Å²) in [6, 6.07) is 3.70. The van der Waals surface area contributed by atoms with Gasteiger partial charge in [-0.2, -0.15) is 4.98 Å². The van der Waals surface area contributed by atoms with Gasteiger partial charge in [0.15, 0.2) is 0 Å². The monoisotopic (exact) mass is 264 g/mol. The van der Waals surface area contributed by atoms with Gasteiger partial charge in [0, 0.05) is 13.1 Å². The second kappa shape index (κ2) is 6.61. The third kappa shape index (κ3) is 3.99. The van der Waals surface area contributed by atoms with Gasteiger partial charge in [0.2, 0.25) is 5.88 Å². The van der Waals surface area contributed by atoms with Crippen LogP contribution in [-0.2, 0) is 0 Å². The van der Waals surface area contributed by atoms with E-state index in [1.165, 1.54) is 25.9 Å². The fraction of sp³-hybridized carbons (Fsp3) is 0.643. The molecule has 0 radical (unpaired) electrons. The van der Waals surface area contributed by atoms with Gasteiger partial charge in [-0.15, -0.1) is 0 Å². The van der Waals surface area contributed by atoms with E-state index in [4.69, 9.17) is 10.5 Å². The van der Waals surface area contributed by atoms with Crippen molar-refractivity contribution < 1.29 is 4.74 Å². The van der Waals surface area contributed by atoms with Gasteiger partial charge in [-0.1, -0.05) is 6.92 Å². The molecule has 0 amide bonds. The molecular weight excluding hydrogens is 240 g/mol. The predicted molar refractivity (Wildman–Crippen MR) is 78.5 cm³/mol. The molecule has 1 fully saturated rings. The molecule has 1 aliphatic heterocycles. The molecule has 0 aliphatic carbocycles. The number of aromatic nitrogens is 1. The standard InChI is InChI=1S/C14H24N4O/c1-11-5-8-18(9-6-11)10-7-16-13-4-3-12(15)14(17-13)19-2/h3-4,11H,5-10,15H2,1-2H3,(H,16,17). The Bertz CT molecular complexity index is 402. The quantitative estimate of drug-likeness (QED) is 0.849.